The van der Waals surface area contributed by atoms with Crippen LogP contribution in [0.15, 0.2) is 0 Å². The maximum Gasteiger partial charge on any atom is 0.407 e. The minimum atomic E-state index is -0.494. The van der Waals surface area contributed by atoms with Crippen LogP contribution in [0.3, 0.4) is 0 Å². The van der Waals surface area contributed by atoms with Crippen LogP contribution in [0.25, 0.3) is 0 Å². The number of ether oxygens (including phenoxy) is 4. The Balaban J connectivity index is 3.32. The molecule has 26 heavy (non-hydrogen) atoms. The molecule has 0 saturated carbocycles. The van der Waals surface area contributed by atoms with Crippen molar-refractivity contribution in [2.24, 2.45) is 0 Å². The molecule has 0 rings (SSSR count). The van der Waals surface area contributed by atoms with Crippen LogP contribution in [0, 0.1) is 0 Å². The molecule has 1 amide bonds. The Labute approximate surface area is 158 Å². The number of rotatable bonds is 12. The van der Waals surface area contributed by atoms with Crippen molar-refractivity contribution >= 4 is 12.1 Å². The first kappa shape index (κ1) is 24.7. The van der Waals surface area contributed by atoms with Crippen molar-refractivity contribution in [1.29, 1.82) is 0 Å². The van der Waals surface area contributed by atoms with Crippen molar-refractivity contribution in [2.75, 3.05) is 33.0 Å². The molecular formula is C19H37NO6. The van der Waals surface area contributed by atoms with Gasteiger partial charge in [0.2, 0.25) is 0 Å². The van der Waals surface area contributed by atoms with Crippen LogP contribution in [0.1, 0.15) is 67.2 Å². The van der Waals surface area contributed by atoms with Gasteiger partial charge in [-0.1, -0.05) is 6.42 Å². The molecule has 0 spiro atoms. The van der Waals surface area contributed by atoms with E-state index in [0.717, 1.165) is 19.3 Å². The maximum atomic E-state index is 11.5. The van der Waals surface area contributed by atoms with Gasteiger partial charge >= 0.3 is 12.1 Å². The number of hydrogen-bond acceptors (Lipinski definition) is 6. The third-order valence-corrected chi connectivity index (χ3v) is 2.88. The molecule has 0 radical (unpaired) electrons. The highest BCUT2D eigenvalue weighted by molar-refractivity contribution is 5.69. The van der Waals surface area contributed by atoms with Crippen molar-refractivity contribution in [3.63, 3.8) is 0 Å². The summed E-state index contributed by atoms with van der Waals surface area (Å²) in [5, 5.41) is 2.62. The van der Waals surface area contributed by atoms with E-state index in [1.54, 1.807) is 0 Å². The van der Waals surface area contributed by atoms with Gasteiger partial charge in [0.1, 0.15) is 11.2 Å². The standard InChI is InChI=1S/C19H37NO6/c1-18(2,3)25-16(21)10-8-7-9-12-23-14-15-24-13-11-20-17(22)26-19(4,5)6/h7-15H2,1-6H3,(H,20,22). The third kappa shape index (κ3) is 19.0. The van der Waals surface area contributed by atoms with E-state index in [0.29, 0.717) is 39.4 Å². The number of unbranched alkanes of at least 4 members (excludes halogenated alkanes) is 2. The quantitative estimate of drug-likeness (QED) is 0.415. The Bertz CT molecular complexity index is 360. The molecule has 0 aromatic rings. The van der Waals surface area contributed by atoms with Crippen molar-refractivity contribution in [1.82, 2.24) is 5.32 Å². The Morgan fingerprint density at radius 2 is 1.31 bits per heavy atom. The highest BCUT2D eigenvalue weighted by Crippen LogP contribution is 2.10. The molecule has 0 bridgehead atoms. The van der Waals surface area contributed by atoms with E-state index in [9.17, 15) is 9.59 Å². The zero-order valence-electron chi connectivity index (χ0n) is 17.3. The molecule has 7 heteroatoms. The molecule has 0 fully saturated rings. The van der Waals surface area contributed by atoms with Gasteiger partial charge in [0.05, 0.1) is 19.8 Å². The van der Waals surface area contributed by atoms with Crippen LogP contribution in [0.2, 0.25) is 0 Å². The fourth-order valence-corrected chi connectivity index (χ4v) is 1.90. The van der Waals surface area contributed by atoms with Crippen LogP contribution in [0.4, 0.5) is 4.79 Å². The average Bonchev–Trinajstić information content (AvgIpc) is 2.44. The van der Waals surface area contributed by atoms with Crippen molar-refractivity contribution in [2.45, 2.75) is 78.4 Å². The van der Waals surface area contributed by atoms with E-state index in [1.165, 1.54) is 0 Å². The van der Waals surface area contributed by atoms with E-state index in [1.807, 2.05) is 41.5 Å². The molecule has 0 aromatic carbocycles. The zero-order chi connectivity index (χ0) is 20.1. The van der Waals surface area contributed by atoms with E-state index in [4.69, 9.17) is 18.9 Å². The fraction of sp³-hybridized carbons (Fsp3) is 0.895. The molecule has 1 N–H and O–H groups in total. The van der Waals surface area contributed by atoms with Gasteiger partial charge in [0, 0.05) is 19.6 Å². The van der Waals surface area contributed by atoms with E-state index in [-0.39, 0.29) is 5.97 Å². The SMILES string of the molecule is CC(C)(C)OC(=O)CCCCCOCCOCCNC(=O)OC(C)(C)C. The Kier molecular flexibility index (Phi) is 12.3. The Morgan fingerprint density at radius 1 is 0.731 bits per heavy atom. The second-order valence-corrected chi connectivity index (χ2v) is 8.05. The van der Waals surface area contributed by atoms with E-state index in [2.05, 4.69) is 5.32 Å². The monoisotopic (exact) mass is 375 g/mol. The van der Waals surface area contributed by atoms with Gasteiger partial charge in [0.25, 0.3) is 0 Å². The number of carbonyl (C=O) groups is 2. The number of alkyl carbamates (subject to hydrolysis) is 1. The van der Waals surface area contributed by atoms with Crippen LogP contribution in [-0.4, -0.2) is 56.2 Å². The predicted octanol–water partition coefficient (Wildman–Crippen LogP) is 3.45. The van der Waals surface area contributed by atoms with Crippen LogP contribution >= 0.6 is 0 Å². The highest BCUT2D eigenvalue weighted by Gasteiger charge is 2.16. The second-order valence-electron chi connectivity index (χ2n) is 8.05. The molecule has 0 saturated heterocycles. The summed E-state index contributed by atoms with van der Waals surface area (Å²) in [7, 11) is 0. The van der Waals surface area contributed by atoms with Crippen molar-refractivity contribution in [3.05, 3.63) is 0 Å². The second kappa shape index (κ2) is 12.9. The lowest BCUT2D eigenvalue weighted by Crippen LogP contribution is -2.34. The first-order chi connectivity index (χ1) is 12.0. The summed E-state index contributed by atoms with van der Waals surface area (Å²) >= 11 is 0. The third-order valence-electron chi connectivity index (χ3n) is 2.88. The first-order valence-corrected chi connectivity index (χ1v) is 9.34. The van der Waals surface area contributed by atoms with E-state index >= 15 is 0 Å². The smallest absolute Gasteiger partial charge is 0.407 e. The first-order valence-electron chi connectivity index (χ1n) is 9.34. The summed E-state index contributed by atoms with van der Waals surface area (Å²) in [6, 6.07) is 0. The molecular weight excluding hydrogens is 338 g/mol. The highest BCUT2D eigenvalue weighted by atomic mass is 16.6. The predicted molar refractivity (Wildman–Crippen MR) is 100 cm³/mol. The van der Waals surface area contributed by atoms with Gasteiger partial charge in [-0.15, -0.1) is 0 Å². The van der Waals surface area contributed by atoms with Gasteiger partial charge in [-0.2, -0.15) is 0 Å². The van der Waals surface area contributed by atoms with Gasteiger partial charge in [-0.3, -0.25) is 4.79 Å². The minimum absolute atomic E-state index is 0.146. The molecule has 0 aliphatic heterocycles. The normalized spacial score (nSPS) is 11.9. The lowest BCUT2D eigenvalue weighted by atomic mass is 10.1. The minimum Gasteiger partial charge on any atom is -0.460 e. The molecule has 0 aliphatic rings. The molecule has 154 valence electrons. The van der Waals surface area contributed by atoms with Gasteiger partial charge in [0.15, 0.2) is 0 Å². The summed E-state index contributed by atoms with van der Waals surface area (Å²) < 4.78 is 21.2. The number of esters is 1. The summed E-state index contributed by atoms with van der Waals surface area (Å²) in [5.41, 5.74) is -0.908. The Morgan fingerprint density at radius 3 is 1.88 bits per heavy atom. The largest absolute Gasteiger partial charge is 0.460 e. The van der Waals surface area contributed by atoms with E-state index < -0.39 is 17.3 Å². The van der Waals surface area contributed by atoms with Gasteiger partial charge in [-0.25, -0.2) is 4.79 Å². The Hall–Kier alpha value is -1.34. The van der Waals surface area contributed by atoms with Gasteiger partial charge < -0.3 is 24.3 Å². The zero-order valence-corrected chi connectivity index (χ0v) is 17.3. The number of hydrogen-bond donors (Lipinski definition) is 1. The molecule has 7 nitrogen and oxygen atoms in total. The molecule has 0 unspecified atom stereocenters. The van der Waals surface area contributed by atoms with Crippen molar-refractivity contribution in [3.8, 4) is 0 Å². The number of amides is 1. The molecule has 0 aliphatic carbocycles. The summed E-state index contributed by atoms with van der Waals surface area (Å²) in [5.74, 6) is -0.146. The summed E-state index contributed by atoms with van der Waals surface area (Å²) in [6.45, 7) is 13.5. The maximum absolute atomic E-state index is 11.5. The molecule has 0 aromatic heterocycles. The average molecular weight is 376 g/mol. The number of carbonyl (C=O) groups excluding carboxylic acids is 2. The van der Waals surface area contributed by atoms with Crippen molar-refractivity contribution < 1.29 is 28.5 Å². The molecule has 0 atom stereocenters. The summed E-state index contributed by atoms with van der Waals surface area (Å²) in [6.07, 6.45) is 2.66. The summed E-state index contributed by atoms with van der Waals surface area (Å²) in [4.78, 5) is 22.9. The lowest BCUT2D eigenvalue weighted by molar-refractivity contribution is -0.154. The molecule has 0 heterocycles. The van der Waals surface area contributed by atoms with Crippen LogP contribution < -0.4 is 5.32 Å². The lowest BCUT2D eigenvalue weighted by Gasteiger charge is -2.19. The number of nitrogens with one attached hydrogen (secondary N) is 1. The van der Waals surface area contributed by atoms with Gasteiger partial charge in [-0.05, 0) is 54.4 Å². The van der Waals surface area contributed by atoms with Crippen LogP contribution in [0.5, 0.6) is 0 Å². The topological polar surface area (TPSA) is 83.1 Å². The van der Waals surface area contributed by atoms with Crippen LogP contribution in [-0.2, 0) is 23.7 Å². The fourth-order valence-electron chi connectivity index (χ4n) is 1.90.